The fourth-order valence-corrected chi connectivity index (χ4v) is 3.85. The van der Waals surface area contributed by atoms with Crippen molar-refractivity contribution in [1.29, 1.82) is 0 Å². The van der Waals surface area contributed by atoms with E-state index in [-0.39, 0.29) is 10.8 Å². The van der Waals surface area contributed by atoms with Gasteiger partial charge in [0.15, 0.2) is 0 Å². The van der Waals surface area contributed by atoms with E-state index in [1.54, 1.807) is 37.4 Å². The first kappa shape index (κ1) is 14.9. The number of para-hydroxylation sites is 1. The predicted octanol–water partition coefficient (Wildman–Crippen LogP) is 3.56. The summed E-state index contributed by atoms with van der Waals surface area (Å²) in [6.07, 6.45) is 0. The van der Waals surface area contributed by atoms with Crippen molar-refractivity contribution in [2.45, 2.75) is 17.7 Å². The Morgan fingerprint density at radius 1 is 1.05 bits per heavy atom. The summed E-state index contributed by atoms with van der Waals surface area (Å²) in [5, 5.41) is 0. The fraction of sp³-hybridized carbons (Fsp3) is 0.200. The second-order valence-corrected chi connectivity index (χ2v) is 6.71. The molecule has 0 radical (unpaired) electrons. The third kappa shape index (κ3) is 2.67. The summed E-state index contributed by atoms with van der Waals surface area (Å²) < 4.78 is 26.8. The maximum absolute atomic E-state index is 12.7. The van der Waals surface area contributed by atoms with Crippen molar-refractivity contribution in [3.8, 4) is 0 Å². The first-order chi connectivity index (χ1) is 9.48. The molecule has 0 aromatic heterocycles. The number of anilines is 1. The lowest BCUT2D eigenvalue weighted by molar-refractivity contribution is 0.593. The Balaban J connectivity index is 2.53. The molecule has 0 aliphatic heterocycles. The summed E-state index contributed by atoms with van der Waals surface area (Å²) in [6, 6.07) is 14.2. The van der Waals surface area contributed by atoms with Gasteiger partial charge in [-0.05, 0) is 30.2 Å². The highest BCUT2D eigenvalue weighted by Gasteiger charge is 2.24. The minimum Gasteiger partial charge on any atom is -0.269 e. The van der Waals surface area contributed by atoms with E-state index in [1.807, 2.05) is 25.1 Å². The van der Waals surface area contributed by atoms with E-state index in [1.165, 1.54) is 4.31 Å². The van der Waals surface area contributed by atoms with E-state index in [0.29, 0.717) is 11.3 Å². The molecular weight excluding hydrogens is 294 g/mol. The maximum Gasteiger partial charge on any atom is 0.264 e. The molecule has 0 spiro atoms. The molecule has 0 N–H and O–H groups in total. The second-order valence-electron chi connectivity index (χ2n) is 4.50. The lowest BCUT2D eigenvalue weighted by Crippen LogP contribution is -2.28. The zero-order chi connectivity index (χ0) is 14.8. The Bertz CT molecular complexity index is 713. The molecule has 5 heteroatoms. The Labute approximate surface area is 124 Å². The first-order valence-electron chi connectivity index (χ1n) is 6.17. The molecule has 106 valence electrons. The third-order valence-electron chi connectivity index (χ3n) is 3.21. The van der Waals surface area contributed by atoms with Crippen LogP contribution in [0.25, 0.3) is 0 Å². The van der Waals surface area contributed by atoms with Gasteiger partial charge in [0.05, 0.1) is 10.6 Å². The number of alkyl halides is 1. The van der Waals surface area contributed by atoms with Crippen molar-refractivity contribution in [1.82, 2.24) is 0 Å². The number of hydrogen-bond donors (Lipinski definition) is 0. The summed E-state index contributed by atoms with van der Waals surface area (Å²) in [5.74, 6) is 0.164. The average Bonchev–Trinajstić information content (AvgIpc) is 2.47. The zero-order valence-corrected chi connectivity index (χ0v) is 12.9. The van der Waals surface area contributed by atoms with Crippen LogP contribution in [-0.4, -0.2) is 15.5 Å². The molecule has 0 unspecified atom stereocenters. The summed E-state index contributed by atoms with van der Waals surface area (Å²) in [5.41, 5.74) is 2.17. The van der Waals surface area contributed by atoms with Gasteiger partial charge in [-0.15, -0.1) is 11.6 Å². The standard InChI is InChI=1S/C15H16ClNO2S/c1-12-7-3-5-9-14(12)17(2)20(18,19)15-10-6-4-8-13(15)11-16/h3-10H,11H2,1-2H3. The van der Waals surface area contributed by atoms with Gasteiger partial charge in [0, 0.05) is 12.9 Å². The normalized spacial score (nSPS) is 11.3. The Kier molecular flexibility index (Phi) is 4.35. The number of aryl methyl sites for hydroxylation is 1. The monoisotopic (exact) mass is 309 g/mol. The Morgan fingerprint density at radius 2 is 1.65 bits per heavy atom. The van der Waals surface area contributed by atoms with Gasteiger partial charge < -0.3 is 0 Å². The van der Waals surface area contributed by atoms with E-state index >= 15 is 0 Å². The van der Waals surface area contributed by atoms with Gasteiger partial charge in [0.2, 0.25) is 0 Å². The average molecular weight is 310 g/mol. The van der Waals surface area contributed by atoms with Crippen LogP contribution in [0.1, 0.15) is 11.1 Å². The molecule has 0 atom stereocenters. The minimum absolute atomic E-state index is 0.164. The summed E-state index contributed by atoms with van der Waals surface area (Å²) in [7, 11) is -2.05. The molecule has 0 aliphatic carbocycles. The molecule has 20 heavy (non-hydrogen) atoms. The predicted molar refractivity (Wildman–Crippen MR) is 82.8 cm³/mol. The summed E-state index contributed by atoms with van der Waals surface area (Å²) in [4.78, 5) is 0.251. The second kappa shape index (κ2) is 5.85. The topological polar surface area (TPSA) is 37.4 Å². The molecule has 0 bridgehead atoms. The molecule has 2 rings (SSSR count). The molecule has 3 nitrogen and oxygen atoms in total. The highest BCUT2D eigenvalue weighted by molar-refractivity contribution is 7.92. The van der Waals surface area contributed by atoms with Gasteiger partial charge in [-0.2, -0.15) is 0 Å². The smallest absolute Gasteiger partial charge is 0.264 e. The maximum atomic E-state index is 12.7. The van der Waals surface area contributed by atoms with E-state index in [4.69, 9.17) is 11.6 Å². The van der Waals surface area contributed by atoms with Crippen LogP contribution in [0.3, 0.4) is 0 Å². The minimum atomic E-state index is -3.61. The first-order valence-corrected chi connectivity index (χ1v) is 8.14. The quantitative estimate of drug-likeness (QED) is 0.810. The fourth-order valence-electron chi connectivity index (χ4n) is 2.06. The molecule has 0 saturated carbocycles. The molecule has 0 aliphatic rings. The van der Waals surface area contributed by atoms with E-state index < -0.39 is 10.0 Å². The molecule has 0 saturated heterocycles. The van der Waals surface area contributed by atoms with Gasteiger partial charge in [-0.1, -0.05) is 36.4 Å². The number of sulfonamides is 1. The van der Waals surface area contributed by atoms with Crippen LogP contribution in [0.15, 0.2) is 53.4 Å². The van der Waals surface area contributed by atoms with Gasteiger partial charge >= 0.3 is 0 Å². The third-order valence-corrected chi connectivity index (χ3v) is 5.37. The van der Waals surface area contributed by atoms with Crippen molar-refractivity contribution in [2.75, 3.05) is 11.4 Å². The van der Waals surface area contributed by atoms with E-state index in [2.05, 4.69) is 0 Å². The van der Waals surface area contributed by atoms with Gasteiger partial charge in [-0.25, -0.2) is 8.42 Å². The van der Waals surface area contributed by atoms with Crippen LogP contribution >= 0.6 is 11.6 Å². The number of halogens is 1. The van der Waals surface area contributed by atoms with Crippen LogP contribution in [0.4, 0.5) is 5.69 Å². The zero-order valence-electron chi connectivity index (χ0n) is 11.4. The molecule has 0 heterocycles. The highest BCUT2D eigenvalue weighted by Crippen LogP contribution is 2.27. The number of benzene rings is 2. The molecule has 2 aromatic carbocycles. The number of rotatable bonds is 4. The van der Waals surface area contributed by atoms with Crippen molar-refractivity contribution in [3.05, 3.63) is 59.7 Å². The Hall–Kier alpha value is -1.52. The number of hydrogen-bond acceptors (Lipinski definition) is 2. The van der Waals surface area contributed by atoms with Crippen LogP contribution in [0, 0.1) is 6.92 Å². The SMILES string of the molecule is Cc1ccccc1N(C)S(=O)(=O)c1ccccc1CCl. The molecule has 0 amide bonds. The summed E-state index contributed by atoms with van der Waals surface area (Å²) in [6.45, 7) is 1.88. The van der Waals surface area contributed by atoms with E-state index in [0.717, 1.165) is 5.56 Å². The van der Waals surface area contributed by atoms with Gasteiger partial charge in [-0.3, -0.25) is 4.31 Å². The molecule has 0 fully saturated rings. The lowest BCUT2D eigenvalue weighted by Gasteiger charge is -2.22. The van der Waals surface area contributed by atoms with Crippen LogP contribution in [0.2, 0.25) is 0 Å². The summed E-state index contributed by atoms with van der Waals surface area (Å²) >= 11 is 5.84. The largest absolute Gasteiger partial charge is 0.269 e. The highest BCUT2D eigenvalue weighted by atomic mass is 35.5. The van der Waals surface area contributed by atoms with Crippen molar-refractivity contribution >= 4 is 27.3 Å². The lowest BCUT2D eigenvalue weighted by atomic mass is 10.2. The Morgan fingerprint density at radius 3 is 2.30 bits per heavy atom. The van der Waals surface area contributed by atoms with E-state index in [9.17, 15) is 8.42 Å². The van der Waals surface area contributed by atoms with Gasteiger partial charge in [0.1, 0.15) is 0 Å². The van der Waals surface area contributed by atoms with Crippen LogP contribution in [-0.2, 0) is 15.9 Å². The van der Waals surface area contributed by atoms with Gasteiger partial charge in [0.25, 0.3) is 10.0 Å². The number of nitrogens with zero attached hydrogens (tertiary/aromatic N) is 1. The molecular formula is C15H16ClNO2S. The van der Waals surface area contributed by atoms with Crippen molar-refractivity contribution < 1.29 is 8.42 Å². The van der Waals surface area contributed by atoms with Crippen molar-refractivity contribution in [2.24, 2.45) is 0 Å². The van der Waals surface area contributed by atoms with Crippen LogP contribution in [0.5, 0.6) is 0 Å². The van der Waals surface area contributed by atoms with Crippen molar-refractivity contribution in [3.63, 3.8) is 0 Å². The van der Waals surface area contributed by atoms with Crippen LogP contribution < -0.4 is 4.31 Å². The molecule has 2 aromatic rings.